The van der Waals surface area contributed by atoms with Gasteiger partial charge in [-0.3, -0.25) is 4.79 Å². The fourth-order valence-corrected chi connectivity index (χ4v) is 6.25. The Morgan fingerprint density at radius 3 is 2.76 bits per heavy atom. The first-order valence-corrected chi connectivity index (χ1v) is 11.7. The molecular weight excluding hydrogens is 466 g/mol. The summed E-state index contributed by atoms with van der Waals surface area (Å²) in [7, 11) is 0. The second kappa shape index (κ2) is 7.29. The lowest BCUT2D eigenvalue weighted by Gasteiger charge is -2.71. The third kappa shape index (κ3) is 3.38. The molecule has 8 heteroatoms. The Morgan fingerprint density at radius 1 is 1.21 bits per heavy atom. The van der Waals surface area contributed by atoms with Gasteiger partial charge in [0.1, 0.15) is 11.6 Å². The number of carbonyl (C=O) groups excluding carboxylic acids is 1. The van der Waals surface area contributed by atoms with E-state index in [9.17, 15) is 14.3 Å². The van der Waals surface area contributed by atoms with Crippen molar-refractivity contribution >= 4 is 29.0 Å². The normalized spacial score (nSPS) is 29.5. The third-order valence-electron chi connectivity index (χ3n) is 7.45. The molecule has 2 heterocycles. The van der Waals surface area contributed by atoms with E-state index in [1.54, 1.807) is 28.9 Å². The van der Waals surface area contributed by atoms with Gasteiger partial charge in [0, 0.05) is 41.1 Å². The molecule has 3 fully saturated rings. The number of Topliss-reactive ketones (excluding diaryl/α,β-unsaturated/α-hetero) is 1. The highest BCUT2D eigenvalue weighted by Crippen LogP contribution is 2.75. The molecule has 0 unspecified atom stereocenters. The highest BCUT2D eigenvalue weighted by molar-refractivity contribution is 6.31. The monoisotopic (exact) mass is 486 g/mol. The van der Waals surface area contributed by atoms with Gasteiger partial charge in [-0.1, -0.05) is 23.2 Å². The van der Waals surface area contributed by atoms with Crippen LogP contribution in [0.3, 0.4) is 0 Å². The SMILES string of the molecule is O=C(CC12CC(c3cnn(-c4ccc(Cl)c(F)c4)c3)(C1)C2)[C@@H]1C[C@@H](O)c2cc(Cl)ccc2O1. The Hall–Kier alpha value is -2.41. The highest BCUT2D eigenvalue weighted by atomic mass is 35.5. The molecule has 5 nitrogen and oxygen atoms in total. The van der Waals surface area contributed by atoms with Crippen molar-refractivity contribution in [1.29, 1.82) is 0 Å². The average Bonchev–Trinajstić information content (AvgIpc) is 3.21. The summed E-state index contributed by atoms with van der Waals surface area (Å²) in [5.41, 5.74) is 2.41. The molecule has 3 aliphatic carbocycles. The lowest BCUT2D eigenvalue weighted by molar-refractivity contribution is -0.163. The second-order valence-corrected chi connectivity index (χ2v) is 10.6. The minimum absolute atomic E-state index is 0.000148. The fraction of sp³-hybridized carbons (Fsp3) is 0.360. The van der Waals surface area contributed by atoms with Crippen LogP contribution in [0.5, 0.6) is 5.75 Å². The van der Waals surface area contributed by atoms with E-state index in [-0.39, 0.29) is 28.1 Å². The first-order valence-electron chi connectivity index (χ1n) is 10.9. The Morgan fingerprint density at radius 2 is 2.00 bits per heavy atom. The van der Waals surface area contributed by atoms with Crippen molar-refractivity contribution in [2.45, 2.75) is 49.7 Å². The van der Waals surface area contributed by atoms with E-state index in [4.69, 9.17) is 27.9 Å². The van der Waals surface area contributed by atoms with Gasteiger partial charge < -0.3 is 9.84 Å². The Bertz CT molecular complexity index is 1270. The summed E-state index contributed by atoms with van der Waals surface area (Å²) in [6.07, 6.45) is 5.85. The maximum absolute atomic E-state index is 13.8. The van der Waals surface area contributed by atoms with Crippen LogP contribution in [0.2, 0.25) is 10.0 Å². The Labute approximate surface area is 200 Å². The molecule has 4 aliphatic rings. The molecule has 170 valence electrons. The first-order chi connectivity index (χ1) is 15.8. The molecule has 2 atom stereocenters. The number of nitrogens with zero attached hydrogens (tertiary/aromatic N) is 2. The number of aliphatic hydroxyl groups is 1. The number of ether oxygens (including phenoxy) is 1. The molecule has 0 radical (unpaired) electrons. The summed E-state index contributed by atoms with van der Waals surface area (Å²) < 4.78 is 21.4. The molecule has 3 saturated carbocycles. The van der Waals surface area contributed by atoms with E-state index in [1.807, 2.05) is 12.4 Å². The van der Waals surface area contributed by atoms with E-state index in [1.165, 1.54) is 12.1 Å². The Kier molecular flexibility index (Phi) is 4.67. The third-order valence-corrected chi connectivity index (χ3v) is 7.99. The number of benzene rings is 2. The van der Waals surface area contributed by atoms with Gasteiger partial charge in [-0.05, 0) is 60.6 Å². The van der Waals surface area contributed by atoms with Crippen molar-refractivity contribution in [1.82, 2.24) is 9.78 Å². The summed E-state index contributed by atoms with van der Waals surface area (Å²) in [6.45, 7) is 0. The van der Waals surface area contributed by atoms with E-state index in [0.717, 1.165) is 24.8 Å². The molecule has 33 heavy (non-hydrogen) atoms. The number of halogens is 3. The van der Waals surface area contributed by atoms with E-state index in [2.05, 4.69) is 5.10 Å². The van der Waals surface area contributed by atoms with Crippen LogP contribution in [0.4, 0.5) is 4.39 Å². The lowest BCUT2D eigenvalue weighted by atomic mass is 9.32. The van der Waals surface area contributed by atoms with Crippen LogP contribution in [0.15, 0.2) is 48.8 Å². The number of ketones is 1. The zero-order chi connectivity index (χ0) is 23.0. The minimum Gasteiger partial charge on any atom is -0.482 e. The average molecular weight is 487 g/mol. The van der Waals surface area contributed by atoms with Crippen molar-refractivity contribution in [3.63, 3.8) is 0 Å². The quantitative estimate of drug-likeness (QED) is 0.510. The van der Waals surface area contributed by atoms with Gasteiger partial charge in [-0.15, -0.1) is 0 Å². The van der Waals surface area contributed by atoms with E-state index >= 15 is 0 Å². The van der Waals surface area contributed by atoms with E-state index in [0.29, 0.717) is 28.4 Å². The lowest BCUT2D eigenvalue weighted by Crippen LogP contribution is -2.65. The van der Waals surface area contributed by atoms with Crippen LogP contribution < -0.4 is 4.74 Å². The van der Waals surface area contributed by atoms with Gasteiger partial charge in [0.15, 0.2) is 11.9 Å². The number of rotatable bonds is 5. The number of hydrogen-bond acceptors (Lipinski definition) is 4. The Balaban J connectivity index is 1.11. The maximum atomic E-state index is 13.8. The second-order valence-electron chi connectivity index (χ2n) is 9.77. The number of aromatic nitrogens is 2. The smallest absolute Gasteiger partial charge is 0.173 e. The standard InChI is InChI=1S/C25H21Cl2FN2O3/c26-15-1-4-22-17(5-15)20(31)7-23(33-22)21(32)8-24-11-25(12-24,13-24)14-9-29-30(10-14)16-2-3-18(27)19(28)6-16/h1-6,9-10,20,23,31H,7-8,11-13H2/t20-,23+,24?,25?/m1/s1. The fourth-order valence-electron chi connectivity index (χ4n) is 5.96. The molecule has 0 spiro atoms. The zero-order valence-corrected chi connectivity index (χ0v) is 19.1. The van der Waals surface area contributed by atoms with Crippen LogP contribution >= 0.6 is 23.2 Å². The molecule has 3 aromatic rings. The van der Waals surface area contributed by atoms with Crippen LogP contribution in [-0.2, 0) is 10.2 Å². The molecule has 2 bridgehead atoms. The highest BCUT2D eigenvalue weighted by Gasteiger charge is 2.69. The van der Waals surface area contributed by atoms with Gasteiger partial charge in [0.05, 0.1) is 23.0 Å². The van der Waals surface area contributed by atoms with Crippen LogP contribution in [0.25, 0.3) is 5.69 Å². The van der Waals surface area contributed by atoms with Crippen LogP contribution in [0.1, 0.15) is 49.3 Å². The predicted molar refractivity (Wildman–Crippen MR) is 122 cm³/mol. The molecule has 1 aromatic heterocycles. The van der Waals surface area contributed by atoms with Gasteiger partial charge in [-0.2, -0.15) is 5.10 Å². The minimum atomic E-state index is -0.760. The van der Waals surface area contributed by atoms with Crippen LogP contribution in [-0.4, -0.2) is 26.8 Å². The van der Waals surface area contributed by atoms with Gasteiger partial charge in [0.25, 0.3) is 0 Å². The molecular formula is C25H21Cl2FN2O3. The summed E-state index contributed by atoms with van der Waals surface area (Å²) in [5, 5.41) is 15.5. The van der Waals surface area contributed by atoms with E-state index < -0.39 is 18.0 Å². The molecule has 7 rings (SSSR count). The molecule has 1 N–H and O–H groups in total. The first kappa shape index (κ1) is 21.1. The summed E-state index contributed by atoms with van der Waals surface area (Å²) in [4.78, 5) is 13.0. The maximum Gasteiger partial charge on any atom is 0.173 e. The largest absolute Gasteiger partial charge is 0.482 e. The summed E-state index contributed by atoms with van der Waals surface area (Å²) >= 11 is 11.8. The van der Waals surface area contributed by atoms with Gasteiger partial charge in [-0.25, -0.2) is 9.07 Å². The van der Waals surface area contributed by atoms with Crippen molar-refractivity contribution in [3.05, 3.63) is 75.8 Å². The van der Waals surface area contributed by atoms with Gasteiger partial charge >= 0.3 is 0 Å². The molecule has 0 amide bonds. The molecule has 2 aromatic carbocycles. The van der Waals surface area contributed by atoms with Crippen molar-refractivity contribution in [2.24, 2.45) is 5.41 Å². The molecule has 1 aliphatic heterocycles. The topological polar surface area (TPSA) is 64.4 Å². The van der Waals surface area contributed by atoms with Gasteiger partial charge in [0.2, 0.25) is 0 Å². The summed E-state index contributed by atoms with van der Waals surface area (Å²) in [6, 6.07) is 9.71. The van der Waals surface area contributed by atoms with Crippen molar-refractivity contribution in [2.75, 3.05) is 0 Å². The van der Waals surface area contributed by atoms with Crippen molar-refractivity contribution in [3.8, 4) is 11.4 Å². The number of fused-ring (bicyclic) bond motifs is 1. The van der Waals surface area contributed by atoms with Crippen LogP contribution in [0, 0.1) is 11.2 Å². The zero-order valence-electron chi connectivity index (χ0n) is 17.6. The molecule has 0 saturated heterocycles. The number of carbonyl (C=O) groups is 1. The summed E-state index contributed by atoms with van der Waals surface area (Å²) in [5.74, 6) is 0.0851. The number of hydrogen-bond donors (Lipinski definition) is 1. The number of aliphatic hydroxyl groups excluding tert-OH is 1. The van der Waals surface area contributed by atoms with Crippen molar-refractivity contribution < 1.29 is 19.0 Å². The predicted octanol–water partition coefficient (Wildman–Crippen LogP) is 5.58.